The summed E-state index contributed by atoms with van der Waals surface area (Å²) >= 11 is 5.93. The first-order valence-electron chi connectivity index (χ1n) is 7.69. The molecule has 4 heteroatoms. The minimum absolute atomic E-state index is 0.0253. The highest BCUT2D eigenvalue weighted by Crippen LogP contribution is 2.31. The lowest BCUT2D eigenvalue weighted by atomic mass is 9.90. The Bertz CT molecular complexity index is 666. The van der Waals surface area contributed by atoms with Crippen molar-refractivity contribution in [2.45, 2.75) is 13.3 Å². The Morgan fingerprint density at radius 1 is 0.875 bits per heavy atom. The highest BCUT2D eigenvalue weighted by atomic mass is 35.5. The SMILES string of the molecule is COc1ccc(C(=C(CCCl)C(C)=O)c2ccc(OC)cc2)cc1. The van der Waals surface area contributed by atoms with E-state index >= 15 is 0 Å². The normalized spacial score (nSPS) is 10.2. The zero-order chi connectivity index (χ0) is 17.5. The number of carbonyl (C=O) groups is 1. The molecule has 0 amide bonds. The van der Waals surface area contributed by atoms with E-state index in [2.05, 4.69) is 0 Å². The van der Waals surface area contributed by atoms with Crippen LogP contribution >= 0.6 is 11.6 Å². The molecule has 2 rings (SSSR count). The lowest BCUT2D eigenvalue weighted by Gasteiger charge is -2.15. The van der Waals surface area contributed by atoms with Crippen LogP contribution in [0.5, 0.6) is 11.5 Å². The van der Waals surface area contributed by atoms with E-state index in [0.717, 1.165) is 33.8 Å². The number of allylic oxidation sites excluding steroid dienone is 1. The molecular formula is C20H21ClO3. The number of ether oxygens (including phenoxy) is 2. The van der Waals surface area contributed by atoms with Crippen LogP contribution in [-0.4, -0.2) is 25.9 Å². The van der Waals surface area contributed by atoms with E-state index in [1.807, 2.05) is 48.5 Å². The van der Waals surface area contributed by atoms with Gasteiger partial charge in [0, 0.05) is 11.5 Å². The van der Waals surface area contributed by atoms with Crippen LogP contribution in [0.4, 0.5) is 0 Å². The van der Waals surface area contributed by atoms with Crippen molar-refractivity contribution < 1.29 is 14.3 Å². The monoisotopic (exact) mass is 344 g/mol. The van der Waals surface area contributed by atoms with E-state index in [4.69, 9.17) is 21.1 Å². The second kappa shape index (κ2) is 8.55. The van der Waals surface area contributed by atoms with Crippen molar-refractivity contribution in [3.05, 3.63) is 65.2 Å². The van der Waals surface area contributed by atoms with E-state index in [0.29, 0.717) is 12.3 Å². The molecule has 126 valence electrons. The summed E-state index contributed by atoms with van der Waals surface area (Å²) in [4.78, 5) is 12.2. The van der Waals surface area contributed by atoms with Gasteiger partial charge in [-0.3, -0.25) is 4.79 Å². The van der Waals surface area contributed by atoms with Crippen molar-refractivity contribution in [3.8, 4) is 11.5 Å². The molecule has 0 radical (unpaired) electrons. The Labute approximate surface area is 147 Å². The minimum atomic E-state index is 0.0253. The molecule has 0 fully saturated rings. The predicted octanol–water partition coefficient (Wildman–Crippen LogP) is 4.72. The molecule has 0 aromatic heterocycles. The van der Waals surface area contributed by atoms with Gasteiger partial charge in [0.1, 0.15) is 11.5 Å². The molecule has 0 heterocycles. The largest absolute Gasteiger partial charge is 0.497 e. The van der Waals surface area contributed by atoms with Crippen LogP contribution in [0.2, 0.25) is 0 Å². The average molecular weight is 345 g/mol. The molecule has 0 aliphatic heterocycles. The van der Waals surface area contributed by atoms with E-state index in [9.17, 15) is 4.79 Å². The van der Waals surface area contributed by atoms with Crippen LogP contribution in [0.25, 0.3) is 5.57 Å². The molecule has 0 bridgehead atoms. The Balaban J connectivity index is 2.62. The molecular weight excluding hydrogens is 324 g/mol. The van der Waals surface area contributed by atoms with Crippen LogP contribution in [-0.2, 0) is 4.79 Å². The second-order valence-corrected chi connectivity index (χ2v) is 5.68. The van der Waals surface area contributed by atoms with E-state index < -0.39 is 0 Å². The van der Waals surface area contributed by atoms with E-state index in [1.54, 1.807) is 21.1 Å². The fraction of sp³-hybridized carbons (Fsp3) is 0.250. The summed E-state index contributed by atoms with van der Waals surface area (Å²) in [5.74, 6) is 1.96. The van der Waals surface area contributed by atoms with Gasteiger partial charge in [-0.2, -0.15) is 0 Å². The molecule has 0 saturated heterocycles. The first-order chi connectivity index (χ1) is 11.6. The van der Waals surface area contributed by atoms with Crippen molar-refractivity contribution in [2.24, 2.45) is 0 Å². The number of hydrogen-bond acceptors (Lipinski definition) is 3. The number of carbonyl (C=O) groups excluding carboxylic acids is 1. The Morgan fingerprint density at radius 2 is 1.29 bits per heavy atom. The maximum absolute atomic E-state index is 12.2. The van der Waals surface area contributed by atoms with Gasteiger partial charge in [0.25, 0.3) is 0 Å². The van der Waals surface area contributed by atoms with Crippen LogP contribution in [0.15, 0.2) is 54.1 Å². The number of ketones is 1. The van der Waals surface area contributed by atoms with E-state index in [1.165, 1.54) is 0 Å². The fourth-order valence-electron chi connectivity index (χ4n) is 2.60. The number of methoxy groups -OCH3 is 2. The third kappa shape index (κ3) is 4.18. The number of rotatable bonds is 7. The van der Waals surface area contributed by atoms with Crippen LogP contribution in [0.3, 0.4) is 0 Å². The topological polar surface area (TPSA) is 35.5 Å². The van der Waals surface area contributed by atoms with Gasteiger partial charge in [-0.25, -0.2) is 0 Å². The Morgan fingerprint density at radius 3 is 1.58 bits per heavy atom. The molecule has 0 atom stereocenters. The third-order valence-electron chi connectivity index (χ3n) is 3.83. The number of hydrogen-bond donors (Lipinski definition) is 0. The van der Waals surface area contributed by atoms with Crippen molar-refractivity contribution in [3.63, 3.8) is 0 Å². The Hall–Kier alpha value is -2.26. The van der Waals surface area contributed by atoms with Gasteiger partial charge in [-0.1, -0.05) is 24.3 Å². The number of alkyl halides is 1. The summed E-state index contributed by atoms with van der Waals surface area (Å²) in [6.45, 7) is 1.58. The highest BCUT2D eigenvalue weighted by molar-refractivity contribution is 6.18. The Kier molecular flexibility index (Phi) is 6.44. The average Bonchev–Trinajstić information content (AvgIpc) is 2.62. The van der Waals surface area contributed by atoms with E-state index in [-0.39, 0.29) is 5.78 Å². The quantitative estimate of drug-likeness (QED) is 0.538. The highest BCUT2D eigenvalue weighted by Gasteiger charge is 2.15. The van der Waals surface area contributed by atoms with Gasteiger partial charge >= 0.3 is 0 Å². The number of halogens is 1. The van der Waals surface area contributed by atoms with Gasteiger partial charge in [0.05, 0.1) is 14.2 Å². The van der Waals surface area contributed by atoms with Crippen LogP contribution < -0.4 is 9.47 Å². The molecule has 24 heavy (non-hydrogen) atoms. The van der Waals surface area contributed by atoms with Crippen molar-refractivity contribution >= 4 is 23.0 Å². The molecule has 0 saturated carbocycles. The predicted molar refractivity (Wildman–Crippen MR) is 98.0 cm³/mol. The van der Waals surface area contributed by atoms with Crippen LogP contribution in [0.1, 0.15) is 24.5 Å². The minimum Gasteiger partial charge on any atom is -0.497 e. The zero-order valence-electron chi connectivity index (χ0n) is 14.1. The maximum Gasteiger partial charge on any atom is 0.156 e. The molecule has 0 spiro atoms. The standard InChI is InChI=1S/C20H21ClO3/c1-14(22)19(12-13-21)20(15-4-8-17(23-2)9-5-15)16-6-10-18(24-3)11-7-16/h4-11H,12-13H2,1-3H3. The molecule has 3 nitrogen and oxygen atoms in total. The second-order valence-electron chi connectivity index (χ2n) is 5.31. The van der Waals surface area contributed by atoms with Gasteiger partial charge in [-0.05, 0) is 54.3 Å². The maximum atomic E-state index is 12.2. The summed E-state index contributed by atoms with van der Waals surface area (Å²) in [6.07, 6.45) is 0.518. The summed E-state index contributed by atoms with van der Waals surface area (Å²) in [7, 11) is 3.26. The summed E-state index contributed by atoms with van der Waals surface area (Å²) in [5.41, 5.74) is 3.53. The first-order valence-corrected chi connectivity index (χ1v) is 8.23. The van der Waals surface area contributed by atoms with Crippen LogP contribution in [0, 0.1) is 0 Å². The van der Waals surface area contributed by atoms with Gasteiger partial charge in [0.2, 0.25) is 0 Å². The summed E-state index contributed by atoms with van der Waals surface area (Å²) < 4.78 is 10.4. The molecule has 0 N–H and O–H groups in total. The lowest BCUT2D eigenvalue weighted by Crippen LogP contribution is -2.04. The molecule has 0 unspecified atom stereocenters. The van der Waals surface area contributed by atoms with Gasteiger partial charge in [-0.15, -0.1) is 11.6 Å². The summed E-state index contributed by atoms with van der Waals surface area (Å²) in [6, 6.07) is 15.4. The first kappa shape index (κ1) is 18.1. The molecule has 0 aliphatic rings. The fourth-order valence-corrected chi connectivity index (χ4v) is 2.79. The zero-order valence-corrected chi connectivity index (χ0v) is 14.9. The summed E-state index contributed by atoms with van der Waals surface area (Å²) in [5, 5.41) is 0. The van der Waals surface area contributed by atoms with Crippen molar-refractivity contribution in [1.29, 1.82) is 0 Å². The molecule has 0 aliphatic carbocycles. The van der Waals surface area contributed by atoms with Crippen molar-refractivity contribution in [2.75, 3.05) is 20.1 Å². The number of benzene rings is 2. The smallest absolute Gasteiger partial charge is 0.156 e. The van der Waals surface area contributed by atoms with Crippen molar-refractivity contribution in [1.82, 2.24) is 0 Å². The lowest BCUT2D eigenvalue weighted by molar-refractivity contribution is -0.113. The van der Waals surface area contributed by atoms with Gasteiger partial charge in [0.15, 0.2) is 5.78 Å². The number of Topliss-reactive ketones (excluding diaryl/α,β-unsaturated/α-hetero) is 1. The van der Waals surface area contributed by atoms with Gasteiger partial charge < -0.3 is 9.47 Å². The third-order valence-corrected chi connectivity index (χ3v) is 4.02. The molecule has 2 aromatic carbocycles. The molecule has 2 aromatic rings.